The van der Waals surface area contributed by atoms with E-state index in [4.69, 9.17) is 9.05 Å². The van der Waals surface area contributed by atoms with E-state index in [-0.39, 0.29) is 0 Å². The van der Waals surface area contributed by atoms with Crippen LogP contribution in [0.2, 0.25) is 0 Å². The molecule has 0 aliphatic rings. The van der Waals surface area contributed by atoms with Gasteiger partial charge in [0.15, 0.2) is 0 Å². The van der Waals surface area contributed by atoms with Gasteiger partial charge in [-0.3, -0.25) is 4.57 Å². The molecule has 0 aliphatic carbocycles. The lowest BCUT2D eigenvalue weighted by Crippen LogP contribution is -2.04. The molecule has 0 atom stereocenters. The molecule has 0 spiro atoms. The first-order valence-corrected chi connectivity index (χ1v) is 14.0. The number of rotatable bonds is 21. The second-order valence-electron chi connectivity index (χ2n) is 9.26. The maximum atomic E-state index is 13.1. The van der Waals surface area contributed by atoms with Crippen LogP contribution in [0.4, 0.5) is 0 Å². The maximum Gasteiger partial charge on any atom is 0.330 e. The molecule has 3 nitrogen and oxygen atoms in total. The molecule has 0 rings (SSSR count). The third-order valence-corrected chi connectivity index (χ3v) is 7.23. The van der Waals surface area contributed by atoms with Gasteiger partial charge in [0.1, 0.15) is 0 Å². The molecule has 0 aromatic heterocycles. The Kier molecular flexibility index (Phi) is 19.2. The van der Waals surface area contributed by atoms with Crippen LogP contribution >= 0.6 is 7.60 Å². The van der Waals surface area contributed by atoms with Crippen LogP contribution < -0.4 is 0 Å². The average molecular weight is 419 g/mol. The standard InChI is InChI=1S/C24H51O3P/c1-6-7-8-9-10-17-22-28(25,26-20-15-11-13-18-23(2)3)27-21-16-12-14-19-24(4)5/h23-24H,6-22H2,1-5H3. The third kappa shape index (κ3) is 19.5. The minimum Gasteiger partial charge on any atom is -0.309 e. The van der Waals surface area contributed by atoms with E-state index >= 15 is 0 Å². The van der Waals surface area contributed by atoms with Gasteiger partial charge in [0.2, 0.25) is 0 Å². The first-order valence-electron chi connectivity index (χ1n) is 12.3. The zero-order valence-corrected chi connectivity index (χ0v) is 20.7. The summed E-state index contributed by atoms with van der Waals surface area (Å²) in [5, 5.41) is 0. The topological polar surface area (TPSA) is 35.5 Å². The van der Waals surface area contributed by atoms with E-state index in [0.29, 0.717) is 19.4 Å². The zero-order valence-electron chi connectivity index (χ0n) is 19.8. The highest BCUT2D eigenvalue weighted by atomic mass is 31.2. The summed E-state index contributed by atoms with van der Waals surface area (Å²) in [5.41, 5.74) is 0. The van der Waals surface area contributed by atoms with Crippen molar-refractivity contribution in [3.63, 3.8) is 0 Å². The molecule has 0 aromatic rings. The van der Waals surface area contributed by atoms with Crippen molar-refractivity contribution in [1.29, 1.82) is 0 Å². The molecule has 28 heavy (non-hydrogen) atoms. The van der Waals surface area contributed by atoms with Crippen molar-refractivity contribution < 1.29 is 13.6 Å². The van der Waals surface area contributed by atoms with Crippen molar-refractivity contribution in [3.8, 4) is 0 Å². The van der Waals surface area contributed by atoms with Gasteiger partial charge in [-0.25, -0.2) is 0 Å². The summed E-state index contributed by atoms with van der Waals surface area (Å²) < 4.78 is 24.8. The van der Waals surface area contributed by atoms with Crippen molar-refractivity contribution in [2.24, 2.45) is 11.8 Å². The van der Waals surface area contributed by atoms with E-state index in [9.17, 15) is 4.57 Å². The second-order valence-corrected chi connectivity index (χ2v) is 11.4. The van der Waals surface area contributed by atoms with E-state index in [0.717, 1.165) is 50.4 Å². The number of unbranched alkanes of at least 4 members (excludes halogenated alkanes) is 9. The van der Waals surface area contributed by atoms with Crippen LogP contribution in [0.5, 0.6) is 0 Å². The Morgan fingerprint density at radius 1 is 0.607 bits per heavy atom. The molecule has 0 N–H and O–H groups in total. The van der Waals surface area contributed by atoms with Crippen LogP contribution in [0.3, 0.4) is 0 Å². The van der Waals surface area contributed by atoms with E-state index in [2.05, 4.69) is 34.6 Å². The average Bonchev–Trinajstić information content (AvgIpc) is 2.63. The van der Waals surface area contributed by atoms with Crippen LogP contribution in [-0.4, -0.2) is 19.4 Å². The van der Waals surface area contributed by atoms with Gasteiger partial charge in [0, 0.05) is 0 Å². The maximum absolute atomic E-state index is 13.1. The van der Waals surface area contributed by atoms with Gasteiger partial charge >= 0.3 is 7.60 Å². The molecular weight excluding hydrogens is 367 g/mol. The first-order chi connectivity index (χ1) is 13.4. The molecular formula is C24H51O3P. The SMILES string of the molecule is CCCCCCCCP(=O)(OCCCCCC(C)C)OCCCCCC(C)C. The predicted molar refractivity (Wildman–Crippen MR) is 124 cm³/mol. The Morgan fingerprint density at radius 3 is 1.50 bits per heavy atom. The van der Waals surface area contributed by atoms with Crippen LogP contribution in [0.25, 0.3) is 0 Å². The summed E-state index contributed by atoms with van der Waals surface area (Å²) >= 11 is 0. The molecule has 0 aromatic carbocycles. The van der Waals surface area contributed by atoms with Gasteiger partial charge in [-0.05, 0) is 31.1 Å². The predicted octanol–water partition coefficient (Wildman–Crippen LogP) is 9.01. The van der Waals surface area contributed by atoms with E-state index < -0.39 is 7.60 Å². The third-order valence-electron chi connectivity index (χ3n) is 5.21. The Hall–Kier alpha value is 0.150. The highest BCUT2D eigenvalue weighted by Gasteiger charge is 2.23. The molecule has 4 heteroatoms. The normalized spacial score (nSPS) is 12.4. The second kappa shape index (κ2) is 19.1. The highest BCUT2D eigenvalue weighted by Crippen LogP contribution is 2.49. The van der Waals surface area contributed by atoms with Crippen LogP contribution in [0.15, 0.2) is 0 Å². The molecule has 0 amide bonds. The molecule has 0 saturated carbocycles. The lowest BCUT2D eigenvalue weighted by atomic mass is 10.1. The quantitative estimate of drug-likeness (QED) is 0.138. The van der Waals surface area contributed by atoms with Gasteiger partial charge in [-0.1, -0.05) is 105 Å². The van der Waals surface area contributed by atoms with Crippen LogP contribution in [0, 0.1) is 11.8 Å². The molecule has 0 fully saturated rings. The molecule has 0 heterocycles. The summed E-state index contributed by atoms with van der Waals surface area (Å²) in [5.74, 6) is 1.53. The lowest BCUT2D eigenvalue weighted by Gasteiger charge is -2.19. The molecule has 0 bridgehead atoms. The Balaban J connectivity index is 4.11. The van der Waals surface area contributed by atoms with Gasteiger partial charge in [0.05, 0.1) is 19.4 Å². The van der Waals surface area contributed by atoms with Crippen molar-refractivity contribution >= 4 is 7.60 Å². The summed E-state index contributed by atoms with van der Waals surface area (Å²) in [7, 11) is -2.91. The fraction of sp³-hybridized carbons (Fsp3) is 1.00. The lowest BCUT2D eigenvalue weighted by molar-refractivity contribution is 0.196. The largest absolute Gasteiger partial charge is 0.330 e. The van der Waals surface area contributed by atoms with Crippen molar-refractivity contribution in [1.82, 2.24) is 0 Å². The summed E-state index contributed by atoms with van der Waals surface area (Å²) in [4.78, 5) is 0. The molecule has 0 aliphatic heterocycles. The summed E-state index contributed by atoms with van der Waals surface area (Å²) in [6.07, 6.45) is 17.1. The fourth-order valence-electron chi connectivity index (χ4n) is 3.32. The summed E-state index contributed by atoms with van der Waals surface area (Å²) in [6, 6.07) is 0. The molecule has 0 saturated heterocycles. The van der Waals surface area contributed by atoms with Gasteiger partial charge in [-0.15, -0.1) is 0 Å². The molecule has 170 valence electrons. The zero-order chi connectivity index (χ0) is 21.1. The number of hydrogen-bond donors (Lipinski definition) is 0. The van der Waals surface area contributed by atoms with E-state index in [1.807, 2.05) is 0 Å². The Labute approximate surface area is 177 Å². The van der Waals surface area contributed by atoms with Crippen molar-refractivity contribution in [2.75, 3.05) is 19.4 Å². The van der Waals surface area contributed by atoms with Gasteiger partial charge in [-0.2, -0.15) is 0 Å². The van der Waals surface area contributed by atoms with E-state index in [1.165, 1.54) is 51.4 Å². The van der Waals surface area contributed by atoms with Crippen molar-refractivity contribution in [3.05, 3.63) is 0 Å². The van der Waals surface area contributed by atoms with E-state index in [1.54, 1.807) is 0 Å². The van der Waals surface area contributed by atoms with Crippen LogP contribution in [0.1, 0.15) is 125 Å². The Bertz CT molecular complexity index is 345. The fourth-order valence-corrected chi connectivity index (χ4v) is 5.08. The van der Waals surface area contributed by atoms with Crippen LogP contribution in [-0.2, 0) is 13.6 Å². The number of hydrogen-bond acceptors (Lipinski definition) is 3. The minimum absolute atomic E-state index is 0.582. The monoisotopic (exact) mass is 418 g/mol. The minimum atomic E-state index is -2.91. The Morgan fingerprint density at radius 2 is 1.04 bits per heavy atom. The highest BCUT2D eigenvalue weighted by molar-refractivity contribution is 7.53. The first kappa shape index (κ1) is 28.1. The van der Waals surface area contributed by atoms with Crippen molar-refractivity contribution in [2.45, 2.75) is 125 Å². The summed E-state index contributed by atoms with van der Waals surface area (Å²) in [6.45, 7) is 12.5. The van der Waals surface area contributed by atoms with Gasteiger partial charge < -0.3 is 9.05 Å². The van der Waals surface area contributed by atoms with Gasteiger partial charge in [0.25, 0.3) is 0 Å². The molecule has 0 radical (unpaired) electrons. The smallest absolute Gasteiger partial charge is 0.309 e. The molecule has 0 unspecified atom stereocenters.